The predicted octanol–water partition coefficient (Wildman–Crippen LogP) is 3.12. The summed E-state index contributed by atoms with van der Waals surface area (Å²) in [5.41, 5.74) is 7.71. The smallest absolute Gasteiger partial charge is 0.234 e. The number of thiazole rings is 1. The van der Waals surface area contributed by atoms with E-state index in [1.165, 1.54) is 11.3 Å². The van der Waals surface area contributed by atoms with Crippen LogP contribution in [0.3, 0.4) is 0 Å². The molecule has 1 amide bonds. The van der Waals surface area contributed by atoms with Crippen LogP contribution < -0.4 is 11.1 Å². The van der Waals surface area contributed by atoms with Gasteiger partial charge in [-0.05, 0) is 18.9 Å². The minimum Gasteiger partial charge on any atom is -0.329 e. The highest BCUT2D eigenvalue weighted by Crippen LogP contribution is 2.24. The van der Waals surface area contributed by atoms with Crippen LogP contribution in [0.5, 0.6) is 0 Å². The number of hydrogen-bond acceptors (Lipinski definition) is 4. The van der Waals surface area contributed by atoms with Crippen molar-refractivity contribution in [3.8, 4) is 0 Å². The van der Waals surface area contributed by atoms with Gasteiger partial charge in [0.1, 0.15) is 0 Å². The lowest BCUT2D eigenvalue weighted by molar-refractivity contribution is -0.117. The number of carbonyl (C=O) groups excluding carboxylic acids is 1. The molecule has 0 saturated carbocycles. The number of aryl methyl sites for hydroxylation is 2. The Labute approximate surface area is 135 Å². The molecule has 6 heteroatoms. The van der Waals surface area contributed by atoms with E-state index in [1.807, 2.05) is 37.3 Å². The zero-order valence-corrected chi connectivity index (χ0v) is 13.8. The van der Waals surface area contributed by atoms with Gasteiger partial charge in [-0.2, -0.15) is 0 Å². The van der Waals surface area contributed by atoms with Crippen LogP contribution in [-0.2, 0) is 11.2 Å². The Balaban J connectivity index is 0.00000220. The molecule has 4 nitrogen and oxygen atoms in total. The molecule has 0 aliphatic rings. The average molecular weight is 326 g/mol. The molecule has 0 bridgehead atoms. The molecule has 3 N–H and O–H groups in total. The lowest BCUT2D eigenvalue weighted by atomic mass is 9.99. The highest BCUT2D eigenvalue weighted by molar-refractivity contribution is 7.15. The SMILES string of the molecule is CCc1nc(NC(=O)C(CN)c2ccccc2)sc1C.Cl. The van der Waals surface area contributed by atoms with Crippen LogP contribution >= 0.6 is 23.7 Å². The van der Waals surface area contributed by atoms with Gasteiger partial charge in [-0.1, -0.05) is 37.3 Å². The van der Waals surface area contributed by atoms with Crippen molar-refractivity contribution in [2.75, 3.05) is 11.9 Å². The molecule has 1 unspecified atom stereocenters. The fourth-order valence-electron chi connectivity index (χ4n) is 2.08. The topological polar surface area (TPSA) is 68.0 Å². The highest BCUT2D eigenvalue weighted by atomic mass is 35.5. The van der Waals surface area contributed by atoms with Crippen LogP contribution in [0.1, 0.15) is 29.0 Å². The number of hydrogen-bond donors (Lipinski definition) is 2. The summed E-state index contributed by atoms with van der Waals surface area (Å²) < 4.78 is 0. The summed E-state index contributed by atoms with van der Waals surface area (Å²) in [4.78, 5) is 17.9. The van der Waals surface area contributed by atoms with Crippen LogP contribution in [0.2, 0.25) is 0 Å². The number of nitrogens with one attached hydrogen (secondary N) is 1. The van der Waals surface area contributed by atoms with Gasteiger partial charge >= 0.3 is 0 Å². The van der Waals surface area contributed by atoms with Crippen LogP contribution in [0, 0.1) is 6.92 Å². The fraction of sp³-hybridized carbons (Fsp3) is 0.333. The Hall–Kier alpha value is -1.43. The number of aromatic nitrogens is 1. The largest absolute Gasteiger partial charge is 0.329 e. The van der Waals surface area contributed by atoms with Crippen molar-refractivity contribution in [3.63, 3.8) is 0 Å². The first-order chi connectivity index (χ1) is 9.65. The number of carbonyl (C=O) groups is 1. The molecule has 21 heavy (non-hydrogen) atoms. The first kappa shape index (κ1) is 17.6. The molecule has 1 aromatic heterocycles. The Morgan fingerprint density at radius 2 is 2.05 bits per heavy atom. The normalized spacial score (nSPS) is 11.6. The van der Waals surface area contributed by atoms with E-state index in [0.717, 1.165) is 22.6 Å². The molecule has 0 aliphatic heterocycles. The lowest BCUT2D eigenvalue weighted by Crippen LogP contribution is -2.27. The van der Waals surface area contributed by atoms with Crippen molar-refractivity contribution in [1.29, 1.82) is 0 Å². The maximum atomic E-state index is 12.3. The lowest BCUT2D eigenvalue weighted by Gasteiger charge is -2.13. The van der Waals surface area contributed by atoms with E-state index in [1.54, 1.807) is 0 Å². The zero-order valence-electron chi connectivity index (χ0n) is 12.1. The molecule has 0 aliphatic carbocycles. The number of rotatable bonds is 5. The van der Waals surface area contributed by atoms with Gasteiger partial charge in [-0.25, -0.2) is 4.98 Å². The molecule has 2 aromatic rings. The van der Waals surface area contributed by atoms with E-state index in [-0.39, 0.29) is 30.8 Å². The van der Waals surface area contributed by atoms with Crippen LogP contribution in [0.15, 0.2) is 30.3 Å². The maximum Gasteiger partial charge on any atom is 0.234 e. The van der Waals surface area contributed by atoms with Crippen molar-refractivity contribution < 1.29 is 4.79 Å². The van der Waals surface area contributed by atoms with Gasteiger partial charge in [0.05, 0.1) is 11.6 Å². The third kappa shape index (κ3) is 4.27. The van der Waals surface area contributed by atoms with E-state index in [4.69, 9.17) is 5.73 Å². The second-order valence-corrected chi connectivity index (χ2v) is 5.77. The zero-order chi connectivity index (χ0) is 14.5. The van der Waals surface area contributed by atoms with Crippen molar-refractivity contribution in [2.24, 2.45) is 5.73 Å². The summed E-state index contributed by atoms with van der Waals surface area (Å²) in [7, 11) is 0. The van der Waals surface area contributed by atoms with Gasteiger partial charge in [-0.3, -0.25) is 4.79 Å². The van der Waals surface area contributed by atoms with Crippen LogP contribution in [0.4, 0.5) is 5.13 Å². The summed E-state index contributed by atoms with van der Waals surface area (Å²) in [6.07, 6.45) is 0.872. The van der Waals surface area contributed by atoms with Crippen molar-refractivity contribution in [1.82, 2.24) is 4.98 Å². The average Bonchev–Trinajstić information content (AvgIpc) is 2.80. The van der Waals surface area contributed by atoms with Gasteiger partial charge < -0.3 is 11.1 Å². The molecule has 0 fully saturated rings. The number of nitrogens with zero attached hydrogens (tertiary/aromatic N) is 1. The second kappa shape index (κ2) is 8.12. The molecular weight excluding hydrogens is 306 g/mol. The first-order valence-electron chi connectivity index (χ1n) is 6.67. The highest BCUT2D eigenvalue weighted by Gasteiger charge is 2.20. The van der Waals surface area contributed by atoms with E-state index in [2.05, 4.69) is 17.2 Å². The molecule has 0 spiro atoms. The van der Waals surface area contributed by atoms with Crippen molar-refractivity contribution in [2.45, 2.75) is 26.2 Å². The Kier molecular flexibility index (Phi) is 6.81. The Bertz CT molecular complexity index is 586. The number of anilines is 1. The van der Waals surface area contributed by atoms with Gasteiger partial charge in [0.15, 0.2) is 5.13 Å². The number of amides is 1. The third-order valence-corrected chi connectivity index (χ3v) is 4.14. The van der Waals surface area contributed by atoms with Crippen molar-refractivity contribution >= 4 is 34.8 Å². The molecule has 1 atom stereocenters. The quantitative estimate of drug-likeness (QED) is 0.887. The van der Waals surface area contributed by atoms with Gasteiger partial charge in [0, 0.05) is 11.4 Å². The summed E-state index contributed by atoms with van der Waals surface area (Å²) >= 11 is 1.51. The molecule has 0 saturated heterocycles. The van der Waals surface area contributed by atoms with E-state index in [9.17, 15) is 4.79 Å². The van der Waals surface area contributed by atoms with Crippen molar-refractivity contribution in [3.05, 3.63) is 46.5 Å². The Morgan fingerprint density at radius 1 is 1.38 bits per heavy atom. The molecule has 114 valence electrons. The number of nitrogens with two attached hydrogens (primary N) is 1. The molecule has 1 heterocycles. The Morgan fingerprint density at radius 3 is 2.57 bits per heavy atom. The maximum absolute atomic E-state index is 12.3. The van der Waals surface area contributed by atoms with Crippen LogP contribution in [-0.4, -0.2) is 17.4 Å². The van der Waals surface area contributed by atoms with Gasteiger partial charge in [0.25, 0.3) is 0 Å². The first-order valence-corrected chi connectivity index (χ1v) is 7.49. The molecule has 0 radical (unpaired) electrons. The standard InChI is InChI=1S/C15H19N3OS.ClH/c1-3-13-10(2)20-15(17-13)18-14(19)12(9-16)11-7-5-4-6-8-11;/h4-8,12H,3,9,16H2,1-2H3,(H,17,18,19);1H. The van der Waals surface area contributed by atoms with E-state index in [0.29, 0.717) is 5.13 Å². The van der Waals surface area contributed by atoms with E-state index < -0.39 is 0 Å². The summed E-state index contributed by atoms with van der Waals surface area (Å²) in [6, 6.07) is 9.58. The number of benzene rings is 1. The third-order valence-electron chi connectivity index (χ3n) is 3.21. The summed E-state index contributed by atoms with van der Waals surface area (Å²) in [5, 5.41) is 3.53. The number of halogens is 1. The fourth-order valence-corrected chi connectivity index (χ4v) is 2.99. The minimum atomic E-state index is -0.342. The summed E-state index contributed by atoms with van der Waals surface area (Å²) in [6.45, 7) is 4.35. The second-order valence-electron chi connectivity index (χ2n) is 4.56. The molecule has 2 rings (SSSR count). The monoisotopic (exact) mass is 325 g/mol. The van der Waals surface area contributed by atoms with Gasteiger partial charge in [-0.15, -0.1) is 23.7 Å². The van der Waals surface area contributed by atoms with Crippen LogP contribution in [0.25, 0.3) is 0 Å². The minimum absolute atomic E-state index is 0. The molecule has 1 aromatic carbocycles. The predicted molar refractivity (Wildman–Crippen MR) is 90.3 cm³/mol. The van der Waals surface area contributed by atoms with Gasteiger partial charge in [0.2, 0.25) is 5.91 Å². The summed E-state index contributed by atoms with van der Waals surface area (Å²) in [5.74, 6) is -0.444. The van der Waals surface area contributed by atoms with E-state index >= 15 is 0 Å². The molecular formula is C15H20ClN3OS.